The third-order valence-electron chi connectivity index (χ3n) is 12.9. The number of Topliss-reactive ketones (excluding diaryl/α,β-unsaturated/α-hetero) is 1. The summed E-state index contributed by atoms with van der Waals surface area (Å²) in [5.74, 6) is 2.36. The molecule has 3 fully saturated rings. The van der Waals surface area contributed by atoms with Crippen molar-refractivity contribution in [2.24, 2.45) is 51.2 Å². The molecule has 0 aromatic rings. The summed E-state index contributed by atoms with van der Waals surface area (Å²) >= 11 is 0. The van der Waals surface area contributed by atoms with Gasteiger partial charge in [0, 0.05) is 30.0 Å². The van der Waals surface area contributed by atoms with Crippen LogP contribution in [0.15, 0.2) is 22.9 Å². The monoisotopic (exact) mass is 609 g/mol. The predicted molar refractivity (Wildman–Crippen MR) is 175 cm³/mol. The Morgan fingerprint density at radius 1 is 1.09 bits per heavy atom. The van der Waals surface area contributed by atoms with Gasteiger partial charge < -0.3 is 14.8 Å². The molecule has 44 heavy (non-hydrogen) atoms. The summed E-state index contributed by atoms with van der Waals surface area (Å²) in [6, 6.07) is 0. The van der Waals surface area contributed by atoms with Gasteiger partial charge in [0.05, 0.1) is 12.5 Å². The maximum Gasteiger partial charge on any atom is 0.307 e. The number of rotatable bonds is 12. The van der Waals surface area contributed by atoms with Gasteiger partial charge in [0.25, 0.3) is 0 Å². The Balaban J connectivity index is 1.60. The van der Waals surface area contributed by atoms with Crippen LogP contribution in [0.5, 0.6) is 0 Å². The summed E-state index contributed by atoms with van der Waals surface area (Å²) in [5, 5.41) is 3.25. The third-order valence-corrected chi connectivity index (χ3v) is 12.9. The second kappa shape index (κ2) is 12.9. The van der Waals surface area contributed by atoms with E-state index in [0.717, 1.165) is 68.8 Å². The zero-order chi connectivity index (χ0) is 32.7. The molecule has 0 aromatic carbocycles. The average molecular weight is 610 g/mol. The molecule has 6 heteroatoms. The molecule has 0 aliphatic heterocycles. The van der Waals surface area contributed by atoms with E-state index in [1.165, 1.54) is 18.4 Å². The second-order valence-corrected chi connectivity index (χ2v) is 16.6. The van der Waals surface area contributed by atoms with Gasteiger partial charge in [-0.15, -0.1) is 0 Å². The minimum absolute atomic E-state index is 0.108. The molecule has 0 heterocycles. The zero-order valence-corrected chi connectivity index (χ0v) is 29.0. The first-order valence-electron chi connectivity index (χ1n) is 17.3. The van der Waals surface area contributed by atoms with E-state index in [4.69, 9.17) is 4.74 Å². The first-order valence-corrected chi connectivity index (χ1v) is 17.3. The standard InChI is InChI=1S/C38H59NO5/c1-24(2)33-30(42)21-38(20-27(39-9)15-19-40)18-14-29-28(34(33)38)10-11-31-36(7,25(3)12-16-37(29,31)8)17-13-26(4)44-32(43)22-35(5,6)23-41/h15,19,23-26,28-29,31,39H,10-14,16-18,20-22H2,1-9H3/b27-15-. The van der Waals surface area contributed by atoms with Crippen LogP contribution < -0.4 is 5.32 Å². The van der Waals surface area contributed by atoms with Crippen molar-refractivity contribution < 1.29 is 23.9 Å². The van der Waals surface area contributed by atoms with Crippen LogP contribution in [0.1, 0.15) is 126 Å². The third kappa shape index (κ3) is 6.25. The zero-order valence-electron chi connectivity index (χ0n) is 29.0. The summed E-state index contributed by atoms with van der Waals surface area (Å²) < 4.78 is 5.80. The van der Waals surface area contributed by atoms with E-state index in [2.05, 4.69) is 39.9 Å². The highest BCUT2D eigenvalue weighted by Gasteiger charge is 2.62. The first-order chi connectivity index (χ1) is 20.6. The van der Waals surface area contributed by atoms with E-state index in [-0.39, 0.29) is 40.7 Å². The fourth-order valence-corrected chi connectivity index (χ4v) is 10.5. The Kier molecular flexibility index (Phi) is 10.1. The van der Waals surface area contributed by atoms with Crippen molar-refractivity contribution >= 4 is 24.3 Å². The number of hydrogen-bond acceptors (Lipinski definition) is 6. The first kappa shape index (κ1) is 34.6. The molecule has 246 valence electrons. The number of ketones is 1. The normalized spacial score (nSPS) is 36.3. The molecule has 6 nitrogen and oxygen atoms in total. The van der Waals surface area contributed by atoms with E-state index in [9.17, 15) is 19.2 Å². The Morgan fingerprint density at radius 3 is 2.41 bits per heavy atom. The molecule has 0 bridgehead atoms. The molecule has 8 atom stereocenters. The minimum Gasteiger partial charge on any atom is -0.463 e. The number of hydrogen-bond donors (Lipinski definition) is 1. The van der Waals surface area contributed by atoms with Gasteiger partial charge in [0.2, 0.25) is 0 Å². The molecule has 0 amide bonds. The number of allylic oxidation sites excluding steroid dienone is 4. The van der Waals surface area contributed by atoms with Crippen molar-refractivity contribution in [3.05, 3.63) is 22.9 Å². The summed E-state index contributed by atoms with van der Waals surface area (Å²) in [5.41, 5.74) is 2.91. The number of ether oxygens (including phenoxy) is 1. The van der Waals surface area contributed by atoms with Crippen molar-refractivity contribution in [3.63, 3.8) is 0 Å². The van der Waals surface area contributed by atoms with Crippen LogP contribution in [0.3, 0.4) is 0 Å². The maximum absolute atomic E-state index is 13.7. The lowest BCUT2D eigenvalue weighted by Gasteiger charge is -2.65. The van der Waals surface area contributed by atoms with Crippen LogP contribution in [0.2, 0.25) is 0 Å². The number of aldehydes is 2. The van der Waals surface area contributed by atoms with Crippen LogP contribution in [0, 0.1) is 51.2 Å². The highest BCUT2D eigenvalue weighted by molar-refractivity contribution is 6.00. The van der Waals surface area contributed by atoms with E-state index >= 15 is 0 Å². The second-order valence-electron chi connectivity index (χ2n) is 16.6. The summed E-state index contributed by atoms with van der Waals surface area (Å²) in [7, 11) is 1.88. The van der Waals surface area contributed by atoms with Crippen molar-refractivity contribution in [1.82, 2.24) is 5.32 Å². The fraction of sp³-hybridized carbons (Fsp3) is 0.789. The van der Waals surface area contributed by atoms with E-state index in [0.29, 0.717) is 35.9 Å². The Labute approximate surface area is 266 Å². The van der Waals surface area contributed by atoms with E-state index < -0.39 is 5.41 Å². The Bertz CT molecular complexity index is 1200. The van der Waals surface area contributed by atoms with Gasteiger partial charge >= 0.3 is 5.97 Å². The highest BCUT2D eigenvalue weighted by Crippen LogP contribution is 2.70. The SMILES string of the molecule is CN/C(=C\C=O)CC12CCC3C(CCC4C(C)(CCC(C)OC(=O)CC(C)(C)C=O)C(C)CCC34C)C1=C(C(C)C)C(=O)C2. The van der Waals surface area contributed by atoms with Crippen LogP contribution in [-0.2, 0) is 23.9 Å². The quantitative estimate of drug-likeness (QED) is 0.138. The lowest BCUT2D eigenvalue weighted by atomic mass is 9.40. The molecule has 3 saturated carbocycles. The molecule has 0 saturated heterocycles. The molecule has 0 spiro atoms. The Morgan fingerprint density at radius 2 is 1.80 bits per heavy atom. The predicted octanol–water partition coefficient (Wildman–Crippen LogP) is 7.80. The lowest BCUT2D eigenvalue weighted by Crippen LogP contribution is -2.57. The van der Waals surface area contributed by atoms with Gasteiger partial charge in [-0.25, -0.2) is 0 Å². The van der Waals surface area contributed by atoms with Crippen LogP contribution in [0.4, 0.5) is 0 Å². The number of esters is 1. The molecule has 1 N–H and O–H groups in total. The van der Waals surface area contributed by atoms with Crippen molar-refractivity contribution in [3.8, 4) is 0 Å². The van der Waals surface area contributed by atoms with Crippen molar-refractivity contribution in [1.29, 1.82) is 0 Å². The minimum atomic E-state index is -0.701. The number of carbonyl (C=O) groups is 4. The van der Waals surface area contributed by atoms with Gasteiger partial charge in [-0.3, -0.25) is 14.4 Å². The summed E-state index contributed by atoms with van der Waals surface area (Å²) in [4.78, 5) is 49.0. The van der Waals surface area contributed by atoms with Crippen LogP contribution in [-0.4, -0.2) is 37.5 Å². The van der Waals surface area contributed by atoms with Gasteiger partial charge in [-0.2, -0.15) is 0 Å². The lowest BCUT2D eigenvalue weighted by molar-refractivity contribution is -0.155. The largest absolute Gasteiger partial charge is 0.463 e. The van der Waals surface area contributed by atoms with Gasteiger partial charge in [-0.1, -0.05) is 54.0 Å². The van der Waals surface area contributed by atoms with Crippen molar-refractivity contribution in [2.45, 2.75) is 132 Å². The molecule has 4 rings (SSSR count). The highest BCUT2D eigenvalue weighted by atomic mass is 16.5. The number of carbonyl (C=O) groups excluding carboxylic acids is 4. The molecular weight excluding hydrogens is 550 g/mol. The number of nitrogens with one attached hydrogen (secondary N) is 1. The fourth-order valence-electron chi connectivity index (χ4n) is 10.5. The van der Waals surface area contributed by atoms with Crippen molar-refractivity contribution in [2.75, 3.05) is 7.05 Å². The van der Waals surface area contributed by atoms with E-state index in [1.807, 2.05) is 14.0 Å². The molecular formula is C38H59NO5. The maximum atomic E-state index is 13.7. The van der Waals surface area contributed by atoms with Crippen LogP contribution >= 0.6 is 0 Å². The molecule has 4 aliphatic rings. The molecule has 4 aliphatic carbocycles. The number of fused-ring (bicyclic) bond motifs is 5. The van der Waals surface area contributed by atoms with E-state index in [1.54, 1.807) is 19.9 Å². The van der Waals surface area contributed by atoms with Crippen LogP contribution in [0.25, 0.3) is 0 Å². The molecule has 8 unspecified atom stereocenters. The molecule has 0 radical (unpaired) electrons. The smallest absolute Gasteiger partial charge is 0.307 e. The van der Waals surface area contributed by atoms with Gasteiger partial charge in [0.1, 0.15) is 12.6 Å². The summed E-state index contributed by atoms with van der Waals surface area (Å²) in [6.07, 6.45) is 13.2. The van der Waals surface area contributed by atoms with Gasteiger partial charge in [0.15, 0.2) is 5.78 Å². The summed E-state index contributed by atoms with van der Waals surface area (Å²) in [6.45, 7) is 17.4. The molecule has 0 aromatic heterocycles. The average Bonchev–Trinajstić information content (AvgIpc) is 3.25. The Hall–Kier alpha value is -2.24. The topological polar surface area (TPSA) is 89.5 Å². The van der Waals surface area contributed by atoms with Gasteiger partial charge in [-0.05, 0) is 117 Å².